The molecule has 0 spiro atoms. The number of nitrogens with one attached hydrogen (secondary N) is 4. The van der Waals surface area contributed by atoms with Crippen molar-refractivity contribution in [1.29, 1.82) is 0 Å². The molecular weight excluding hydrogens is 709 g/mol. The summed E-state index contributed by atoms with van der Waals surface area (Å²) in [7, 11) is -2.18. The highest BCUT2D eigenvalue weighted by Crippen LogP contribution is 2.65. The predicted molar refractivity (Wildman–Crippen MR) is 207 cm³/mol. The van der Waals surface area contributed by atoms with Crippen LogP contribution in [0.5, 0.6) is 0 Å². The van der Waals surface area contributed by atoms with Gasteiger partial charge in [0.1, 0.15) is 12.1 Å². The molecule has 5 atom stereocenters. The Bertz CT molecular complexity index is 1730. The lowest BCUT2D eigenvalue weighted by Crippen LogP contribution is -2.64. The van der Waals surface area contributed by atoms with Crippen molar-refractivity contribution in [2.75, 3.05) is 26.7 Å². The average Bonchev–Trinajstić information content (AvgIpc) is 3.41. The first-order valence-electron chi connectivity index (χ1n) is 18.8. The Hall–Kier alpha value is -4.22. The molecule has 1 aromatic carbocycles. The van der Waals surface area contributed by atoms with Crippen molar-refractivity contribution >= 4 is 39.6 Å². The number of Topliss-reactive ketones (excluding diaryl/α,β-unsaturated/α-hetero) is 1. The maximum atomic E-state index is 14.5. The van der Waals surface area contributed by atoms with E-state index < -0.39 is 68.6 Å². The summed E-state index contributed by atoms with van der Waals surface area (Å²) in [6.07, 6.45) is 10.8. The van der Waals surface area contributed by atoms with Crippen LogP contribution in [0.15, 0.2) is 43.0 Å². The molecule has 2 aliphatic carbocycles. The summed E-state index contributed by atoms with van der Waals surface area (Å²) in [6.45, 7) is 13.5. The number of likely N-dealkylation sites (tertiary alicyclic amines) is 1. The summed E-state index contributed by atoms with van der Waals surface area (Å²) in [5, 5.41) is 11.2. The molecule has 4 N–H and O–H groups in total. The number of amides is 5. The third-order valence-corrected chi connectivity index (χ3v) is 13.1. The second kappa shape index (κ2) is 17.1. The van der Waals surface area contributed by atoms with Crippen LogP contribution in [0.25, 0.3) is 0 Å². The standard InChI is InChI=1S/C40H58N6O7S/c1-9-11-20-29(32(47)35(49)41-23-10-2)42-34(48)31-30-28(39(30,6)7)24-46(31)36(50)33(38(3,4)5)43-37(51)44-40(21-16-13-17-22-40)26-45(8)54(52,53)25-27-18-14-12-15-19-27/h1,10,12,14-15,18-19,28-31,33H,2,11,13,16-17,20-26H2,3-8H3,(H,41,49)(H,42,48)(H2,43,44,51)/t28-,29+,30-,31-,33+/m0/s1. The van der Waals surface area contributed by atoms with E-state index in [1.165, 1.54) is 22.3 Å². The third-order valence-electron chi connectivity index (χ3n) is 11.4. The van der Waals surface area contributed by atoms with Gasteiger partial charge in [-0.1, -0.05) is 90.3 Å². The minimum absolute atomic E-state index is 0.0151. The van der Waals surface area contributed by atoms with Crippen molar-refractivity contribution in [3.8, 4) is 12.3 Å². The molecule has 1 heterocycles. The summed E-state index contributed by atoms with van der Waals surface area (Å²) in [4.78, 5) is 69.7. The summed E-state index contributed by atoms with van der Waals surface area (Å²) >= 11 is 0. The molecule has 1 aliphatic heterocycles. The number of fused-ring (bicyclic) bond motifs is 1. The summed E-state index contributed by atoms with van der Waals surface area (Å²) in [6, 6.07) is 5.13. The summed E-state index contributed by atoms with van der Waals surface area (Å²) in [5.41, 5.74) is -1.23. The van der Waals surface area contributed by atoms with Crippen LogP contribution in [0, 0.1) is 35.0 Å². The first kappa shape index (κ1) is 42.5. The van der Waals surface area contributed by atoms with E-state index in [1.54, 1.807) is 24.3 Å². The van der Waals surface area contributed by atoms with Gasteiger partial charge in [0.05, 0.1) is 17.3 Å². The molecule has 0 radical (unpaired) electrons. The maximum absolute atomic E-state index is 14.5. The number of rotatable bonds is 16. The zero-order valence-corrected chi connectivity index (χ0v) is 33.4. The van der Waals surface area contributed by atoms with E-state index in [2.05, 4.69) is 33.8 Å². The van der Waals surface area contributed by atoms with Crippen LogP contribution in [0.3, 0.4) is 0 Å². The molecule has 4 rings (SSSR count). The quantitative estimate of drug-likeness (QED) is 0.114. The van der Waals surface area contributed by atoms with Crippen molar-refractivity contribution in [1.82, 2.24) is 30.5 Å². The highest BCUT2D eigenvalue weighted by Gasteiger charge is 2.70. The Morgan fingerprint density at radius 3 is 2.31 bits per heavy atom. The number of piperidine rings is 1. The van der Waals surface area contributed by atoms with Crippen molar-refractivity contribution in [3.63, 3.8) is 0 Å². The summed E-state index contributed by atoms with van der Waals surface area (Å²) < 4.78 is 28.1. The molecule has 0 unspecified atom stereocenters. The monoisotopic (exact) mass is 766 g/mol. The smallest absolute Gasteiger partial charge is 0.315 e. The molecule has 0 aromatic heterocycles. The zero-order chi connectivity index (χ0) is 40.1. The van der Waals surface area contributed by atoms with Gasteiger partial charge in [0.25, 0.3) is 5.91 Å². The lowest BCUT2D eigenvalue weighted by molar-refractivity contribution is -0.145. The van der Waals surface area contributed by atoms with Crippen LogP contribution in [-0.4, -0.2) is 97.5 Å². The van der Waals surface area contributed by atoms with Gasteiger partial charge < -0.3 is 26.2 Å². The van der Waals surface area contributed by atoms with Crippen LogP contribution in [0.4, 0.5) is 4.79 Å². The molecule has 3 aliphatic rings. The zero-order valence-electron chi connectivity index (χ0n) is 32.6. The minimum atomic E-state index is -3.71. The van der Waals surface area contributed by atoms with Gasteiger partial charge in [-0.15, -0.1) is 18.9 Å². The van der Waals surface area contributed by atoms with Gasteiger partial charge in [-0.05, 0) is 47.5 Å². The van der Waals surface area contributed by atoms with Gasteiger partial charge in [-0.2, -0.15) is 0 Å². The maximum Gasteiger partial charge on any atom is 0.315 e. The fraction of sp³-hybridized carbons (Fsp3) is 0.625. The highest BCUT2D eigenvalue weighted by atomic mass is 32.2. The summed E-state index contributed by atoms with van der Waals surface area (Å²) in [5.74, 6) is -0.636. The number of hydrogen-bond donors (Lipinski definition) is 4. The molecule has 1 aromatic rings. The van der Waals surface area contributed by atoms with Crippen LogP contribution >= 0.6 is 0 Å². The number of ketones is 1. The first-order valence-corrected chi connectivity index (χ1v) is 20.4. The molecule has 14 heteroatoms. The molecule has 5 amide bonds. The number of benzene rings is 1. The van der Waals surface area contributed by atoms with Crippen molar-refractivity contribution < 1.29 is 32.4 Å². The lowest BCUT2D eigenvalue weighted by Gasteiger charge is -2.42. The fourth-order valence-corrected chi connectivity index (χ4v) is 9.45. The normalized spacial score (nSPS) is 22.5. The Morgan fingerprint density at radius 1 is 1.07 bits per heavy atom. The van der Waals surface area contributed by atoms with E-state index in [1.807, 2.05) is 40.7 Å². The Kier molecular flexibility index (Phi) is 13.4. The minimum Gasteiger partial charge on any atom is -0.346 e. The van der Waals surface area contributed by atoms with Crippen LogP contribution < -0.4 is 21.3 Å². The number of sulfonamides is 1. The Morgan fingerprint density at radius 2 is 1.72 bits per heavy atom. The average molecular weight is 767 g/mol. The van der Waals surface area contributed by atoms with Gasteiger partial charge in [0.15, 0.2) is 0 Å². The van der Waals surface area contributed by atoms with Crippen molar-refractivity contribution in [2.45, 2.75) is 109 Å². The van der Waals surface area contributed by atoms with E-state index in [0.717, 1.165) is 19.3 Å². The van der Waals surface area contributed by atoms with E-state index in [4.69, 9.17) is 6.42 Å². The molecule has 3 fully saturated rings. The van der Waals surface area contributed by atoms with Crippen molar-refractivity contribution in [3.05, 3.63) is 48.6 Å². The molecule has 0 bridgehead atoms. The van der Waals surface area contributed by atoms with Gasteiger partial charge in [0, 0.05) is 33.1 Å². The number of nitrogens with zero attached hydrogens (tertiary/aromatic N) is 2. The van der Waals surface area contributed by atoms with Gasteiger partial charge in [0.2, 0.25) is 27.6 Å². The fourth-order valence-electron chi connectivity index (χ4n) is 8.17. The topological polar surface area (TPSA) is 174 Å². The van der Waals surface area contributed by atoms with Gasteiger partial charge >= 0.3 is 6.03 Å². The molecular formula is C40H58N6O7S. The molecule has 54 heavy (non-hydrogen) atoms. The van der Waals surface area contributed by atoms with Crippen molar-refractivity contribution in [2.24, 2.45) is 22.7 Å². The number of likely N-dealkylation sites (N-methyl/N-ethyl adjacent to an activating group) is 1. The second-order valence-electron chi connectivity index (χ2n) is 16.8. The highest BCUT2D eigenvalue weighted by molar-refractivity contribution is 7.88. The largest absolute Gasteiger partial charge is 0.346 e. The number of carbonyl (C=O) groups is 5. The molecule has 2 saturated carbocycles. The number of terminal acetylenes is 1. The third kappa shape index (κ3) is 9.90. The van der Waals surface area contributed by atoms with Crippen LogP contribution in [0.2, 0.25) is 0 Å². The molecule has 13 nitrogen and oxygen atoms in total. The van der Waals surface area contributed by atoms with Gasteiger partial charge in [-0.3, -0.25) is 19.2 Å². The van der Waals surface area contributed by atoms with E-state index in [-0.39, 0.29) is 55.5 Å². The van der Waals surface area contributed by atoms with Crippen LogP contribution in [-0.2, 0) is 35.0 Å². The van der Waals surface area contributed by atoms with E-state index in [0.29, 0.717) is 18.4 Å². The Labute approximate surface area is 320 Å². The lowest BCUT2D eigenvalue weighted by atomic mass is 9.81. The molecule has 296 valence electrons. The Balaban J connectivity index is 1.53. The van der Waals surface area contributed by atoms with E-state index in [9.17, 15) is 32.4 Å². The number of hydrogen-bond acceptors (Lipinski definition) is 7. The second-order valence-corrected chi connectivity index (χ2v) is 18.9. The predicted octanol–water partition coefficient (Wildman–Crippen LogP) is 3.12. The SMILES string of the molecule is C#CCC[C@@H](NC(=O)[C@@H]1[C@@H]2[C@H](CN1C(=O)[C@@H](NC(=O)NC1(CN(C)S(=O)(=O)Cc3ccccc3)CCCCC1)C(C)(C)C)C2(C)C)C(=O)C(=O)NCC=C. The number of carbonyl (C=O) groups excluding carboxylic acids is 5. The number of urea groups is 1. The van der Waals surface area contributed by atoms with Gasteiger partial charge in [-0.25, -0.2) is 17.5 Å². The molecule has 1 saturated heterocycles. The van der Waals surface area contributed by atoms with E-state index >= 15 is 0 Å². The first-order chi connectivity index (χ1) is 25.3. The van der Waals surface area contributed by atoms with Crippen LogP contribution in [0.1, 0.15) is 85.1 Å².